The van der Waals surface area contributed by atoms with Crippen LogP contribution in [-0.2, 0) is 9.53 Å². The molecule has 0 bridgehead atoms. The third-order valence-electron chi connectivity index (χ3n) is 3.69. The molecule has 0 spiro atoms. The normalized spacial score (nSPS) is 39.6. The Morgan fingerprint density at radius 1 is 1.38 bits per heavy atom. The Bertz CT molecular complexity index is 257. The van der Waals surface area contributed by atoms with Crippen molar-refractivity contribution in [2.45, 2.75) is 38.8 Å². The van der Waals surface area contributed by atoms with Crippen LogP contribution in [0.4, 0.5) is 0 Å². The number of hydrogen-bond donors (Lipinski definition) is 2. The predicted molar refractivity (Wildman–Crippen MR) is 62.1 cm³/mol. The molecule has 4 nitrogen and oxygen atoms in total. The molecule has 0 aromatic heterocycles. The highest BCUT2D eigenvalue weighted by Gasteiger charge is 2.31. The summed E-state index contributed by atoms with van der Waals surface area (Å²) in [4.78, 5) is 12.0. The van der Waals surface area contributed by atoms with Crippen molar-refractivity contribution in [2.24, 2.45) is 11.8 Å². The molecule has 0 aliphatic carbocycles. The van der Waals surface area contributed by atoms with Crippen molar-refractivity contribution in [1.82, 2.24) is 10.6 Å². The number of carbonyl (C=O) groups excluding carboxylic acids is 1. The standard InChI is InChI=1S/C12H22N2O2/c1-8-6-13-7-11(8)12(15)14-10-3-4-16-9(2)5-10/h8-11,13H,3-7H2,1-2H3,(H,14,15)/t8-,9?,10?,11-/m1/s1. The molecule has 1 amide bonds. The van der Waals surface area contributed by atoms with Crippen LogP contribution in [0.3, 0.4) is 0 Å². The summed E-state index contributed by atoms with van der Waals surface area (Å²) in [6, 6.07) is 0.309. The van der Waals surface area contributed by atoms with Crippen LogP contribution < -0.4 is 10.6 Å². The molecular formula is C12H22N2O2. The van der Waals surface area contributed by atoms with E-state index >= 15 is 0 Å². The summed E-state index contributed by atoms with van der Waals surface area (Å²) >= 11 is 0. The van der Waals surface area contributed by atoms with Gasteiger partial charge >= 0.3 is 0 Å². The van der Waals surface area contributed by atoms with Crippen LogP contribution in [0.2, 0.25) is 0 Å². The molecule has 2 unspecified atom stereocenters. The molecule has 16 heavy (non-hydrogen) atoms. The van der Waals surface area contributed by atoms with Crippen LogP contribution in [0.5, 0.6) is 0 Å². The first-order chi connectivity index (χ1) is 7.66. The van der Waals surface area contributed by atoms with E-state index in [-0.39, 0.29) is 17.9 Å². The maximum absolute atomic E-state index is 12.0. The second-order valence-corrected chi connectivity index (χ2v) is 5.15. The average molecular weight is 226 g/mol. The van der Waals surface area contributed by atoms with Gasteiger partial charge in [-0.25, -0.2) is 0 Å². The van der Waals surface area contributed by atoms with Crippen molar-refractivity contribution in [2.75, 3.05) is 19.7 Å². The van der Waals surface area contributed by atoms with Crippen molar-refractivity contribution >= 4 is 5.91 Å². The van der Waals surface area contributed by atoms with E-state index < -0.39 is 0 Å². The van der Waals surface area contributed by atoms with Gasteiger partial charge in [0.15, 0.2) is 0 Å². The van der Waals surface area contributed by atoms with E-state index in [2.05, 4.69) is 24.5 Å². The second-order valence-electron chi connectivity index (χ2n) is 5.15. The van der Waals surface area contributed by atoms with Crippen molar-refractivity contribution < 1.29 is 9.53 Å². The van der Waals surface area contributed by atoms with Gasteiger partial charge in [0.1, 0.15) is 0 Å². The summed E-state index contributed by atoms with van der Waals surface area (Å²) in [6.45, 7) is 6.76. The van der Waals surface area contributed by atoms with Crippen molar-refractivity contribution in [3.63, 3.8) is 0 Å². The SMILES string of the molecule is CC1CC(NC(=O)[C@@H]2CNC[C@H]2C)CCO1. The van der Waals surface area contributed by atoms with Gasteiger partial charge in [-0.2, -0.15) is 0 Å². The van der Waals surface area contributed by atoms with Gasteiger partial charge < -0.3 is 15.4 Å². The molecule has 0 aromatic rings. The minimum absolute atomic E-state index is 0.151. The molecule has 2 fully saturated rings. The van der Waals surface area contributed by atoms with E-state index in [0.717, 1.165) is 32.5 Å². The largest absolute Gasteiger partial charge is 0.378 e. The molecule has 2 aliphatic rings. The minimum atomic E-state index is 0.151. The zero-order valence-corrected chi connectivity index (χ0v) is 10.2. The van der Waals surface area contributed by atoms with E-state index in [0.29, 0.717) is 12.0 Å². The molecule has 92 valence electrons. The average Bonchev–Trinajstić information content (AvgIpc) is 2.64. The molecule has 0 radical (unpaired) electrons. The number of amides is 1. The fraction of sp³-hybridized carbons (Fsp3) is 0.917. The van der Waals surface area contributed by atoms with E-state index in [1.807, 2.05) is 0 Å². The van der Waals surface area contributed by atoms with Crippen LogP contribution in [0.25, 0.3) is 0 Å². The predicted octanol–water partition coefficient (Wildman–Crippen LogP) is 0.526. The monoisotopic (exact) mass is 226 g/mol. The maximum atomic E-state index is 12.0. The lowest BCUT2D eigenvalue weighted by atomic mass is 9.96. The van der Waals surface area contributed by atoms with Crippen LogP contribution >= 0.6 is 0 Å². The fourth-order valence-electron chi connectivity index (χ4n) is 2.60. The lowest BCUT2D eigenvalue weighted by molar-refractivity contribution is -0.127. The van der Waals surface area contributed by atoms with Crippen molar-refractivity contribution in [3.8, 4) is 0 Å². The molecule has 4 heteroatoms. The molecular weight excluding hydrogens is 204 g/mol. The second kappa shape index (κ2) is 5.15. The number of hydrogen-bond acceptors (Lipinski definition) is 3. The third-order valence-corrected chi connectivity index (χ3v) is 3.69. The van der Waals surface area contributed by atoms with E-state index in [4.69, 9.17) is 4.74 Å². The van der Waals surface area contributed by atoms with Crippen LogP contribution in [0.15, 0.2) is 0 Å². The topological polar surface area (TPSA) is 50.4 Å². The highest BCUT2D eigenvalue weighted by atomic mass is 16.5. The first kappa shape index (κ1) is 11.9. The lowest BCUT2D eigenvalue weighted by Crippen LogP contribution is -2.45. The summed E-state index contributed by atoms with van der Waals surface area (Å²) in [5, 5.41) is 6.43. The van der Waals surface area contributed by atoms with Crippen LogP contribution in [0, 0.1) is 11.8 Å². The Labute approximate surface area is 97.1 Å². The minimum Gasteiger partial charge on any atom is -0.378 e. The summed E-state index contributed by atoms with van der Waals surface area (Å²) in [5.41, 5.74) is 0. The van der Waals surface area contributed by atoms with Crippen LogP contribution in [-0.4, -0.2) is 37.7 Å². The first-order valence-corrected chi connectivity index (χ1v) is 6.29. The smallest absolute Gasteiger partial charge is 0.224 e. The zero-order valence-electron chi connectivity index (χ0n) is 10.2. The molecule has 2 rings (SSSR count). The van der Waals surface area contributed by atoms with Gasteiger partial charge in [-0.3, -0.25) is 4.79 Å². The Kier molecular flexibility index (Phi) is 3.82. The summed E-state index contributed by atoms with van der Waals surface area (Å²) in [6.07, 6.45) is 2.17. The van der Waals surface area contributed by atoms with Crippen molar-refractivity contribution in [3.05, 3.63) is 0 Å². The molecule has 2 N–H and O–H groups in total. The highest BCUT2D eigenvalue weighted by molar-refractivity contribution is 5.79. The number of nitrogens with one attached hydrogen (secondary N) is 2. The molecule has 0 aromatic carbocycles. The summed E-state index contributed by atoms with van der Waals surface area (Å²) in [7, 11) is 0. The Hall–Kier alpha value is -0.610. The van der Waals surface area contributed by atoms with Gasteiger partial charge in [-0.1, -0.05) is 6.92 Å². The zero-order chi connectivity index (χ0) is 11.5. The molecule has 2 aliphatic heterocycles. The van der Waals surface area contributed by atoms with Gasteiger partial charge in [0.25, 0.3) is 0 Å². The van der Waals surface area contributed by atoms with Gasteiger partial charge in [0.2, 0.25) is 5.91 Å². The van der Waals surface area contributed by atoms with Gasteiger partial charge in [-0.15, -0.1) is 0 Å². The number of carbonyl (C=O) groups is 1. The molecule has 0 saturated carbocycles. The van der Waals surface area contributed by atoms with E-state index in [1.54, 1.807) is 0 Å². The fourth-order valence-corrected chi connectivity index (χ4v) is 2.60. The van der Waals surface area contributed by atoms with Crippen molar-refractivity contribution in [1.29, 1.82) is 0 Å². The van der Waals surface area contributed by atoms with Gasteiger partial charge in [-0.05, 0) is 32.2 Å². The molecule has 2 saturated heterocycles. The maximum Gasteiger partial charge on any atom is 0.224 e. The Balaban J connectivity index is 1.82. The number of ether oxygens (including phenoxy) is 1. The molecule has 4 atom stereocenters. The van der Waals surface area contributed by atoms with Crippen LogP contribution in [0.1, 0.15) is 26.7 Å². The van der Waals surface area contributed by atoms with Gasteiger partial charge in [0.05, 0.1) is 12.0 Å². The number of rotatable bonds is 2. The molecule has 2 heterocycles. The third kappa shape index (κ3) is 2.74. The lowest BCUT2D eigenvalue weighted by Gasteiger charge is -2.29. The Morgan fingerprint density at radius 3 is 2.81 bits per heavy atom. The van der Waals surface area contributed by atoms with Gasteiger partial charge in [0, 0.05) is 19.2 Å². The van der Waals surface area contributed by atoms with E-state index in [1.165, 1.54) is 0 Å². The Morgan fingerprint density at radius 2 is 2.19 bits per heavy atom. The first-order valence-electron chi connectivity index (χ1n) is 6.29. The summed E-state index contributed by atoms with van der Waals surface area (Å²) < 4.78 is 5.47. The highest BCUT2D eigenvalue weighted by Crippen LogP contribution is 2.18. The van der Waals surface area contributed by atoms with E-state index in [9.17, 15) is 4.79 Å². The quantitative estimate of drug-likeness (QED) is 0.722. The summed E-state index contributed by atoms with van der Waals surface area (Å²) in [5.74, 6) is 0.826.